The van der Waals surface area contributed by atoms with Crippen LogP contribution in [0.1, 0.15) is 57.8 Å². The molecular formula is C25H22Cl2F7N3O3S. The lowest BCUT2D eigenvalue weighted by molar-refractivity contribution is -0.254. The number of hydrogen-bond donors (Lipinski definition) is 1. The molecule has 0 bridgehead atoms. The van der Waals surface area contributed by atoms with Crippen LogP contribution >= 0.6 is 34.5 Å². The number of amides is 2. The van der Waals surface area contributed by atoms with Crippen LogP contribution in [-0.4, -0.2) is 64.9 Å². The van der Waals surface area contributed by atoms with Gasteiger partial charge in [0.05, 0.1) is 26.6 Å². The number of halogens is 9. The fraction of sp³-hybridized carbons (Fsp3) is 0.560. The van der Waals surface area contributed by atoms with Gasteiger partial charge in [-0.2, -0.15) is 26.3 Å². The van der Waals surface area contributed by atoms with Crippen LogP contribution in [0.15, 0.2) is 27.7 Å². The predicted molar refractivity (Wildman–Crippen MR) is 137 cm³/mol. The molecule has 0 spiro atoms. The molecule has 0 radical (unpaired) electrons. The largest absolute Gasteiger partial charge is 0.435 e. The van der Waals surface area contributed by atoms with Gasteiger partial charge in [-0.15, -0.1) is 22.9 Å². The predicted octanol–water partition coefficient (Wildman–Crippen LogP) is 6.30. The first kappa shape index (κ1) is 30.1. The normalized spacial score (nSPS) is 27.0. The Hall–Kier alpha value is -2.32. The van der Waals surface area contributed by atoms with Crippen molar-refractivity contribution >= 4 is 52.1 Å². The second kappa shape index (κ2) is 10.7. The molecule has 3 atom stereocenters. The lowest BCUT2D eigenvalue weighted by Crippen LogP contribution is -2.48. The quantitative estimate of drug-likeness (QED) is 0.301. The SMILES string of the molecule is O=C(NC1CCN(CC(F)(F)F)C1=O)c1sc(C2=NOC(C3=CC(Cl)=C(F)C(Cl)C3)(C(F)(F)F)C2)c2c1CCCC2. The summed E-state index contributed by atoms with van der Waals surface area (Å²) in [5, 5.41) is 4.31. The zero-order valence-corrected chi connectivity index (χ0v) is 23.4. The van der Waals surface area contributed by atoms with Crippen LogP contribution in [0.3, 0.4) is 0 Å². The zero-order chi connectivity index (χ0) is 29.9. The van der Waals surface area contributed by atoms with Gasteiger partial charge in [0.15, 0.2) is 0 Å². The van der Waals surface area contributed by atoms with E-state index in [1.807, 2.05) is 0 Å². The molecule has 4 aliphatic rings. The number of rotatable bonds is 5. The van der Waals surface area contributed by atoms with Crippen molar-refractivity contribution in [3.8, 4) is 0 Å². The summed E-state index contributed by atoms with van der Waals surface area (Å²) in [6, 6.07) is -1.15. The van der Waals surface area contributed by atoms with Gasteiger partial charge in [0.1, 0.15) is 24.1 Å². The number of oxime groups is 1. The monoisotopic (exact) mass is 647 g/mol. The summed E-state index contributed by atoms with van der Waals surface area (Å²) in [4.78, 5) is 31.9. The fourth-order valence-corrected chi connectivity index (χ4v) is 7.46. The molecule has 224 valence electrons. The average molecular weight is 648 g/mol. The molecule has 3 unspecified atom stereocenters. The van der Waals surface area contributed by atoms with Gasteiger partial charge in [-0.3, -0.25) is 9.59 Å². The average Bonchev–Trinajstić information content (AvgIpc) is 3.58. The molecule has 1 N–H and O–H groups in total. The minimum atomic E-state index is -4.98. The molecule has 2 aliphatic heterocycles. The highest BCUT2D eigenvalue weighted by Crippen LogP contribution is 2.51. The number of likely N-dealkylation sites (tertiary alicyclic amines) is 1. The van der Waals surface area contributed by atoms with E-state index in [1.54, 1.807) is 0 Å². The molecule has 3 heterocycles. The van der Waals surface area contributed by atoms with Crippen LogP contribution in [0.4, 0.5) is 30.7 Å². The smallest absolute Gasteiger partial charge is 0.374 e. The number of hydrogen-bond acceptors (Lipinski definition) is 5. The number of allylic oxidation sites excluding steroid dienone is 3. The molecule has 2 aliphatic carbocycles. The molecule has 6 nitrogen and oxygen atoms in total. The standard InChI is InChI=1S/C25H22Cl2F7N3O3S/c26-14-7-11(8-15(27)18(14)28)23(25(32,33)34)9-17(36-40-23)19-12-3-1-2-4-13(12)20(41-19)21(38)35-16-5-6-37(22(16)39)10-24(29,30)31/h7,15-16H,1-6,8-10H2,(H,35,38). The van der Waals surface area contributed by atoms with Gasteiger partial charge in [0, 0.05) is 6.54 Å². The summed E-state index contributed by atoms with van der Waals surface area (Å²) in [5.74, 6) is -2.49. The minimum Gasteiger partial charge on any atom is -0.374 e. The Morgan fingerprint density at radius 1 is 1.20 bits per heavy atom. The van der Waals surface area contributed by atoms with E-state index in [2.05, 4.69) is 10.5 Å². The first-order valence-electron chi connectivity index (χ1n) is 12.6. The van der Waals surface area contributed by atoms with Gasteiger partial charge in [0.2, 0.25) is 5.91 Å². The van der Waals surface area contributed by atoms with Crippen molar-refractivity contribution in [2.75, 3.05) is 13.1 Å². The Balaban J connectivity index is 1.42. The highest BCUT2D eigenvalue weighted by Gasteiger charge is 2.64. The van der Waals surface area contributed by atoms with Crippen molar-refractivity contribution < 1.29 is 45.2 Å². The summed E-state index contributed by atoms with van der Waals surface area (Å²) < 4.78 is 95.9. The van der Waals surface area contributed by atoms with Gasteiger partial charge in [-0.25, -0.2) is 4.39 Å². The maximum absolute atomic E-state index is 14.5. The molecule has 41 heavy (non-hydrogen) atoms. The van der Waals surface area contributed by atoms with Crippen LogP contribution in [0.25, 0.3) is 0 Å². The zero-order valence-electron chi connectivity index (χ0n) is 21.0. The van der Waals surface area contributed by atoms with Crippen LogP contribution in [0.5, 0.6) is 0 Å². The number of nitrogens with one attached hydrogen (secondary N) is 1. The van der Waals surface area contributed by atoms with E-state index in [4.69, 9.17) is 28.0 Å². The molecule has 1 saturated heterocycles. The van der Waals surface area contributed by atoms with Crippen molar-refractivity contribution in [3.63, 3.8) is 0 Å². The van der Waals surface area contributed by atoms with Crippen LogP contribution in [-0.2, 0) is 22.5 Å². The second-order valence-corrected chi connectivity index (χ2v) is 12.2. The third-order valence-corrected chi connectivity index (χ3v) is 9.53. The Morgan fingerprint density at radius 3 is 2.51 bits per heavy atom. The van der Waals surface area contributed by atoms with Crippen molar-refractivity contribution in [2.24, 2.45) is 5.16 Å². The first-order valence-corrected chi connectivity index (χ1v) is 14.3. The number of nitrogens with zero attached hydrogens (tertiary/aromatic N) is 2. The molecule has 2 amide bonds. The lowest BCUT2D eigenvalue weighted by Gasteiger charge is -2.33. The minimum absolute atomic E-state index is 0.00992. The Bertz CT molecular complexity index is 1370. The Labute approximate surface area is 243 Å². The van der Waals surface area contributed by atoms with E-state index in [-0.39, 0.29) is 29.1 Å². The van der Waals surface area contributed by atoms with Crippen molar-refractivity contribution in [2.45, 2.75) is 74.3 Å². The number of carbonyl (C=O) groups excluding carboxylic acids is 2. The molecule has 0 aromatic carbocycles. The van der Waals surface area contributed by atoms with Crippen LogP contribution in [0, 0.1) is 0 Å². The maximum atomic E-state index is 14.5. The first-order chi connectivity index (χ1) is 19.1. The number of thiophene rings is 1. The molecule has 1 aromatic rings. The summed E-state index contributed by atoms with van der Waals surface area (Å²) in [5.41, 5.74) is -2.15. The van der Waals surface area contributed by atoms with E-state index >= 15 is 0 Å². The van der Waals surface area contributed by atoms with Gasteiger partial charge in [-0.05, 0) is 61.3 Å². The molecule has 1 fully saturated rings. The third kappa shape index (κ3) is 5.58. The second-order valence-electron chi connectivity index (χ2n) is 10.3. The topological polar surface area (TPSA) is 71.0 Å². The third-order valence-electron chi connectivity index (χ3n) is 7.57. The van der Waals surface area contributed by atoms with E-state index in [0.717, 1.165) is 17.4 Å². The van der Waals surface area contributed by atoms with E-state index < -0.39 is 71.4 Å². The highest BCUT2D eigenvalue weighted by molar-refractivity contribution is 7.16. The highest BCUT2D eigenvalue weighted by atomic mass is 35.5. The molecule has 1 aromatic heterocycles. The van der Waals surface area contributed by atoms with E-state index in [0.29, 0.717) is 46.6 Å². The van der Waals surface area contributed by atoms with Gasteiger partial charge in [0.25, 0.3) is 11.5 Å². The summed E-state index contributed by atoms with van der Waals surface area (Å²) in [7, 11) is 0. The lowest BCUT2D eigenvalue weighted by atomic mass is 9.82. The molecular weight excluding hydrogens is 626 g/mol. The van der Waals surface area contributed by atoms with Crippen molar-refractivity contribution in [1.82, 2.24) is 10.2 Å². The number of fused-ring (bicyclic) bond motifs is 1. The Morgan fingerprint density at radius 2 is 1.88 bits per heavy atom. The van der Waals surface area contributed by atoms with Gasteiger partial charge < -0.3 is 15.1 Å². The van der Waals surface area contributed by atoms with E-state index in [1.165, 1.54) is 0 Å². The van der Waals surface area contributed by atoms with Crippen molar-refractivity contribution in [1.29, 1.82) is 0 Å². The summed E-state index contributed by atoms with van der Waals surface area (Å²) in [6.07, 6.45) is -7.67. The van der Waals surface area contributed by atoms with Crippen molar-refractivity contribution in [3.05, 3.63) is 43.4 Å². The Kier molecular flexibility index (Phi) is 7.90. The summed E-state index contributed by atoms with van der Waals surface area (Å²) in [6.45, 7) is -1.60. The molecule has 16 heteroatoms. The van der Waals surface area contributed by atoms with Crippen LogP contribution < -0.4 is 5.32 Å². The summed E-state index contributed by atoms with van der Waals surface area (Å²) >= 11 is 12.6. The maximum Gasteiger partial charge on any atom is 0.435 e. The fourth-order valence-electron chi connectivity index (χ4n) is 5.57. The van der Waals surface area contributed by atoms with Gasteiger partial charge in [-0.1, -0.05) is 16.8 Å². The van der Waals surface area contributed by atoms with E-state index in [9.17, 15) is 40.3 Å². The number of alkyl halides is 7. The van der Waals surface area contributed by atoms with Gasteiger partial charge >= 0.3 is 12.4 Å². The number of carbonyl (C=O) groups is 2. The van der Waals surface area contributed by atoms with Crippen LogP contribution in [0.2, 0.25) is 0 Å². The molecule has 0 saturated carbocycles. The molecule has 5 rings (SSSR count).